The molecule has 136 valence electrons. The van der Waals surface area contributed by atoms with Crippen LogP contribution in [0.3, 0.4) is 0 Å². The predicted molar refractivity (Wildman–Crippen MR) is 94.3 cm³/mol. The normalized spacial score (nSPS) is 15.6. The molecule has 0 radical (unpaired) electrons. The molecule has 2 rings (SSSR count). The van der Waals surface area contributed by atoms with E-state index in [1.807, 2.05) is 0 Å². The van der Waals surface area contributed by atoms with Gasteiger partial charge in [0, 0.05) is 12.1 Å². The summed E-state index contributed by atoms with van der Waals surface area (Å²) < 4.78 is 9.96. The molecule has 2 N–H and O–H groups in total. The van der Waals surface area contributed by atoms with Crippen molar-refractivity contribution in [3.63, 3.8) is 0 Å². The van der Waals surface area contributed by atoms with E-state index in [0.717, 1.165) is 25.7 Å². The van der Waals surface area contributed by atoms with Crippen molar-refractivity contribution in [1.82, 2.24) is 5.32 Å². The third kappa shape index (κ3) is 6.49. The number of aromatic hydroxyl groups is 1. The fourth-order valence-electron chi connectivity index (χ4n) is 2.84. The van der Waals surface area contributed by atoms with Crippen molar-refractivity contribution in [2.24, 2.45) is 0 Å². The molecule has 1 aromatic carbocycles. The van der Waals surface area contributed by atoms with Crippen molar-refractivity contribution in [2.45, 2.75) is 44.6 Å². The zero-order chi connectivity index (χ0) is 18.1. The predicted octanol–water partition coefficient (Wildman–Crippen LogP) is 2.80. The summed E-state index contributed by atoms with van der Waals surface area (Å²) in [7, 11) is 1.45. The van der Waals surface area contributed by atoms with Crippen LogP contribution in [-0.4, -0.2) is 36.7 Å². The number of carbonyl (C=O) groups is 2. The molecule has 1 aromatic rings. The van der Waals surface area contributed by atoms with Gasteiger partial charge in [0.05, 0.1) is 7.11 Å². The lowest BCUT2D eigenvalue weighted by atomic mass is 10.1. The van der Waals surface area contributed by atoms with Crippen molar-refractivity contribution in [3.8, 4) is 11.5 Å². The Bertz CT molecular complexity index is 618. The maximum atomic E-state index is 11.9. The molecule has 0 atom stereocenters. The van der Waals surface area contributed by atoms with Crippen molar-refractivity contribution < 1.29 is 24.2 Å². The molecule has 6 nitrogen and oxygen atoms in total. The van der Waals surface area contributed by atoms with Gasteiger partial charge in [0.25, 0.3) is 5.91 Å². The molecule has 25 heavy (non-hydrogen) atoms. The van der Waals surface area contributed by atoms with Crippen molar-refractivity contribution in [3.05, 3.63) is 29.8 Å². The molecule has 0 unspecified atom stereocenters. The minimum Gasteiger partial charge on any atom is -0.504 e. The van der Waals surface area contributed by atoms with Crippen LogP contribution >= 0.6 is 0 Å². The molecule has 0 heterocycles. The van der Waals surface area contributed by atoms with Crippen LogP contribution < -0.4 is 10.1 Å². The van der Waals surface area contributed by atoms with Crippen molar-refractivity contribution in [1.29, 1.82) is 0 Å². The Balaban J connectivity index is 1.76. The summed E-state index contributed by atoms with van der Waals surface area (Å²) in [6.07, 6.45) is 9.44. The lowest BCUT2D eigenvalue weighted by molar-refractivity contribution is -0.144. The van der Waals surface area contributed by atoms with Gasteiger partial charge in [0.1, 0.15) is 0 Å². The molecule has 0 saturated heterocycles. The number of carbonyl (C=O) groups excluding carboxylic acids is 2. The first-order valence-electron chi connectivity index (χ1n) is 8.59. The summed E-state index contributed by atoms with van der Waals surface area (Å²) in [5, 5.41) is 12.4. The Kier molecular flexibility index (Phi) is 7.32. The van der Waals surface area contributed by atoms with Crippen LogP contribution in [0.15, 0.2) is 24.3 Å². The van der Waals surface area contributed by atoms with Gasteiger partial charge >= 0.3 is 5.97 Å². The molecule has 6 heteroatoms. The first-order valence-corrected chi connectivity index (χ1v) is 8.59. The van der Waals surface area contributed by atoms with E-state index in [1.165, 1.54) is 38.2 Å². The van der Waals surface area contributed by atoms with Gasteiger partial charge in [-0.15, -0.1) is 0 Å². The number of phenolic OH excluding ortho intramolecular Hbond substituents is 1. The van der Waals surface area contributed by atoms with Crippen molar-refractivity contribution in [2.75, 3.05) is 13.7 Å². The van der Waals surface area contributed by atoms with Gasteiger partial charge < -0.3 is 19.9 Å². The van der Waals surface area contributed by atoms with Crippen LogP contribution in [-0.2, 0) is 14.3 Å². The van der Waals surface area contributed by atoms with Gasteiger partial charge in [0.15, 0.2) is 18.1 Å². The summed E-state index contributed by atoms with van der Waals surface area (Å²) in [5.74, 6) is -0.515. The van der Waals surface area contributed by atoms with E-state index in [2.05, 4.69) is 5.32 Å². The Labute approximate surface area is 147 Å². The second-order valence-electron chi connectivity index (χ2n) is 6.13. The highest BCUT2D eigenvalue weighted by molar-refractivity contribution is 5.89. The molecule has 0 aromatic heterocycles. The molecule has 0 bridgehead atoms. The molecular weight excluding hydrogens is 322 g/mol. The zero-order valence-electron chi connectivity index (χ0n) is 14.5. The van der Waals surface area contributed by atoms with Gasteiger partial charge in [-0.2, -0.15) is 0 Å². The highest BCUT2D eigenvalue weighted by Crippen LogP contribution is 2.26. The number of rotatable bonds is 6. The topological polar surface area (TPSA) is 84.9 Å². The highest BCUT2D eigenvalue weighted by atomic mass is 16.5. The molecule has 1 aliphatic rings. The number of ether oxygens (including phenoxy) is 2. The molecule has 0 aliphatic heterocycles. The standard InChI is InChI=1S/C19H25NO5/c1-24-17-12-14(8-10-16(17)21)9-11-19(23)25-13-18(22)20-15-6-4-2-3-5-7-15/h8-12,15,21H,2-7,13H2,1H3,(H,20,22). The van der Waals surface area contributed by atoms with Crippen LogP contribution in [0.25, 0.3) is 6.08 Å². The SMILES string of the molecule is COc1cc(C=CC(=O)OCC(=O)NC2CCCCCC2)ccc1O. The Morgan fingerprint density at radius 3 is 2.64 bits per heavy atom. The smallest absolute Gasteiger partial charge is 0.331 e. The van der Waals surface area contributed by atoms with E-state index >= 15 is 0 Å². The summed E-state index contributed by atoms with van der Waals surface area (Å²) in [4.78, 5) is 23.6. The van der Waals surface area contributed by atoms with Crippen LogP contribution in [0.2, 0.25) is 0 Å². The fourth-order valence-corrected chi connectivity index (χ4v) is 2.84. The maximum absolute atomic E-state index is 11.9. The van der Waals surface area contributed by atoms with E-state index in [4.69, 9.17) is 9.47 Å². The van der Waals surface area contributed by atoms with E-state index in [9.17, 15) is 14.7 Å². The molecular formula is C19H25NO5. The largest absolute Gasteiger partial charge is 0.504 e. The number of hydrogen-bond donors (Lipinski definition) is 2. The molecule has 1 saturated carbocycles. The zero-order valence-corrected chi connectivity index (χ0v) is 14.5. The quantitative estimate of drug-likeness (QED) is 0.470. The summed E-state index contributed by atoms with van der Waals surface area (Å²) in [5.41, 5.74) is 0.675. The minimum absolute atomic E-state index is 0.0254. The van der Waals surface area contributed by atoms with Gasteiger partial charge in [-0.3, -0.25) is 4.79 Å². The van der Waals surface area contributed by atoms with Crippen LogP contribution in [0.4, 0.5) is 0 Å². The van der Waals surface area contributed by atoms with E-state index in [-0.39, 0.29) is 24.3 Å². The highest BCUT2D eigenvalue weighted by Gasteiger charge is 2.15. The average molecular weight is 347 g/mol. The number of amides is 1. The lowest BCUT2D eigenvalue weighted by Crippen LogP contribution is -2.37. The molecule has 1 amide bonds. The van der Waals surface area contributed by atoms with Gasteiger partial charge in [-0.1, -0.05) is 31.7 Å². The van der Waals surface area contributed by atoms with Gasteiger partial charge in [0.2, 0.25) is 0 Å². The number of benzene rings is 1. The van der Waals surface area contributed by atoms with E-state index in [0.29, 0.717) is 11.3 Å². The first-order chi connectivity index (χ1) is 12.1. The molecule has 1 aliphatic carbocycles. The number of nitrogens with one attached hydrogen (secondary N) is 1. The Morgan fingerprint density at radius 2 is 1.96 bits per heavy atom. The van der Waals surface area contributed by atoms with E-state index in [1.54, 1.807) is 12.1 Å². The summed E-state index contributed by atoms with van der Waals surface area (Å²) in [6, 6.07) is 4.90. The Hall–Kier alpha value is -2.50. The fraction of sp³-hybridized carbons (Fsp3) is 0.474. The number of phenols is 1. The van der Waals surface area contributed by atoms with Crippen molar-refractivity contribution >= 4 is 18.0 Å². The van der Waals surface area contributed by atoms with Gasteiger partial charge in [-0.05, 0) is 36.6 Å². The lowest BCUT2D eigenvalue weighted by Gasteiger charge is -2.15. The minimum atomic E-state index is -0.594. The van der Waals surface area contributed by atoms with Crippen LogP contribution in [0.5, 0.6) is 11.5 Å². The summed E-state index contributed by atoms with van der Waals surface area (Å²) >= 11 is 0. The van der Waals surface area contributed by atoms with E-state index < -0.39 is 5.97 Å². The first kappa shape index (κ1) is 18.8. The van der Waals surface area contributed by atoms with Crippen LogP contribution in [0, 0.1) is 0 Å². The maximum Gasteiger partial charge on any atom is 0.331 e. The van der Waals surface area contributed by atoms with Gasteiger partial charge in [-0.25, -0.2) is 4.79 Å². The Morgan fingerprint density at radius 1 is 1.24 bits per heavy atom. The molecule has 1 fully saturated rings. The third-order valence-corrected chi connectivity index (χ3v) is 4.18. The monoisotopic (exact) mass is 347 g/mol. The average Bonchev–Trinajstić information content (AvgIpc) is 2.88. The number of hydrogen-bond acceptors (Lipinski definition) is 5. The second-order valence-corrected chi connectivity index (χ2v) is 6.13. The second kappa shape index (κ2) is 9.71. The molecule has 0 spiro atoms. The number of esters is 1. The summed E-state index contributed by atoms with van der Waals surface area (Å²) in [6.45, 7) is -0.279. The third-order valence-electron chi connectivity index (χ3n) is 4.18. The van der Waals surface area contributed by atoms with Crippen LogP contribution in [0.1, 0.15) is 44.1 Å². The number of methoxy groups -OCH3 is 1.